The van der Waals surface area contributed by atoms with Crippen LogP contribution in [0.25, 0.3) is 0 Å². The van der Waals surface area contributed by atoms with Crippen molar-refractivity contribution in [2.24, 2.45) is 0 Å². The third-order valence-corrected chi connectivity index (χ3v) is 5.12. The molecule has 7 nitrogen and oxygen atoms in total. The summed E-state index contributed by atoms with van der Waals surface area (Å²) >= 11 is 1.70. The predicted octanol–water partition coefficient (Wildman–Crippen LogP) is 2.26. The van der Waals surface area contributed by atoms with Crippen molar-refractivity contribution in [3.05, 3.63) is 16.1 Å². The highest BCUT2D eigenvalue weighted by molar-refractivity contribution is 7.09. The first kappa shape index (κ1) is 20.6. The van der Waals surface area contributed by atoms with Gasteiger partial charge < -0.3 is 15.0 Å². The topological polar surface area (TPSA) is 74.8 Å². The number of hydrogen-bond acceptors (Lipinski definition) is 6. The number of hydrogen-bond donors (Lipinski definition) is 1. The van der Waals surface area contributed by atoms with Crippen molar-refractivity contribution in [3.63, 3.8) is 0 Å². The fourth-order valence-corrected chi connectivity index (χ4v) is 3.50. The first-order valence-corrected chi connectivity index (χ1v) is 10.00. The lowest BCUT2D eigenvalue weighted by Gasteiger charge is -2.35. The molecule has 1 aromatic heterocycles. The lowest BCUT2D eigenvalue weighted by Crippen LogP contribution is -2.54. The summed E-state index contributed by atoms with van der Waals surface area (Å²) in [5.74, 6) is -0.0718. The Morgan fingerprint density at radius 1 is 1.31 bits per heavy atom. The monoisotopic (exact) mass is 382 g/mol. The summed E-state index contributed by atoms with van der Waals surface area (Å²) in [6.45, 7) is 12.9. The number of nitrogens with zero attached hydrogens (tertiary/aromatic N) is 3. The second-order valence-corrected chi connectivity index (χ2v) is 8.50. The minimum Gasteiger partial charge on any atom is -0.444 e. The van der Waals surface area contributed by atoms with Crippen LogP contribution in [0.4, 0.5) is 4.79 Å². The largest absolute Gasteiger partial charge is 0.444 e. The van der Waals surface area contributed by atoms with Gasteiger partial charge in [0.05, 0.1) is 10.7 Å². The Morgan fingerprint density at radius 2 is 1.96 bits per heavy atom. The van der Waals surface area contributed by atoms with Crippen LogP contribution in [-0.4, -0.2) is 64.6 Å². The van der Waals surface area contributed by atoms with Crippen molar-refractivity contribution >= 4 is 23.3 Å². The molecule has 1 atom stereocenters. The Labute approximate surface area is 159 Å². The molecular formula is C18H30N4O3S. The molecule has 1 N–H and O–H groups in total. The number of aromatic nitrogens is 1. The van der Waals surface area contributed by atoms with E-state index in [-0.39, 0.29) is 5.91 Å². The number of nitrogens with one attached hydrogen (secondary N) is 1. The molecule has 0 unspecified atom stereocenters. The molecule has 0 aromatic carbocycles. The summed E-state index contributed by atoms with van der Waals surface area (Å²) in [7, 11) is 0. The minimum atomic E-state index is -0.595. The average molecular weight is 383 g/mol. The van der Waals surface area contributed by atoms with Crippen molar-refractivity contribution in [2.45, 2.75) is 59.2 Å². The second kappa shape index (κ2) is 8.81. The molecule has 2 rings (SSSR count). The maximum atomic E-state index is 12.5. The van der Waals surface area contributed by atoms with Gasteiger partial charge in [-0.1, -0.05) is 6.92 Å². The Kier molecular flexibility index (Phi) is 7.00. The fraction of sp³-hybridized carbons (Fsp3) is 0.722. The maximum absolute atomic E-state index is 12.5. The average Bonchev–Trinajstić information content (AvgIpc) is 3.00. The molecule has 1 fully saturated rings. The van der Waals surface area contributed by atoms with E-state index in [1.54, 1.807) is 43.9 Å². The fourth-order valence-electron chi connectivity index (χ4n) is 2.76. The van der Waals surface area contributed by atoms with Crippen LogP contribution in [0.15, 0.2) is 5.38 Å². The summed E-state index contributed by atoms with van der Waals surface area (Å²) in [6, 6.07) is -0.595. The number of thiazole rings is 1. The standard InChI is InChI=1S/C18H30N4O3S/c1-6-15-20-14(12-26-15)11-21-7-9-22(10-8-21)16(23)13(2)19-17(24)25-18(3,4)5/h12-13H,6-11H2,1-5H3,(H,19,24)/t13-/m1/s1. The van der Waals surface area contributed by atoms with Gasteiger partial charge in [0, 0.05) is 38.1 Å². The SMILES string of the molecule is CCc1nc(CN2CCN(C(=O)[C@@H](C)NC(=O)OC(C)(C)C)CC2)cs1. The van der Waals surface area contributed by atoms with Gasteiger partial charge in [0.2, 0.25) is 5.91 Å². The predicted molar refractivity (Wildman–Crippen MR) is 102 cm³/mol. The van der Waals surface area contributed by atoms with Crippen LogP contribution in [0.2, 0.25) is 0 Å². The van der Waals surface area contributed by atoms with Gasteiger partial charge in [0.25, 0.3) is 0 Å². The molecule has 1 aliphatic rings. The van der Waals surface area contributed by atoms with Crippen molar-refractivity contribution in [2.75, 3.05) is 26.2 Å². The van der Waals surface area contributed by atoms with Crippen LogP contribution in [0, 0.1) is 0 Å². The van der Waals surface area contributed by atoms with Crippen LogP contribution in [-0.2, 0) is 22.5 Å². The van der Waals surface area contributed by atoms with E-state index in [0.29, 0.717) is 13.1 Å². The van der Waals surface area contributed by atoms with Crippen molar-refractivity contribution in [1.82, 2.24) is 20.1 Å². The lowest BCUT2D eigenvalue weighted by atomic mass is 10.2. The third-order valence-electron chi connectivity index (χ3n) is 4.07. The summed E-state index contributed by atoms with van der Waals surface area (Å²) < 4.78 is 5.21. The molecule has 2 heterocycles. The number of aryl methyl sites for hydroxylation is 1. The molecule has 0 aliphatic carbocycles. The van der Waals surface area contributed by atoms with Crippen molar-refractivity contribution in [1.29, 1.82) is 0 Å². The molecule has 0 radical (unpaired) electrons. The summed E-state index contributed by atoms with van der Waals surface area (Å²) in [5, 5.41) is 5.90. The Hall–Kier alpha value is -1.67. The van der Waals surface area contributed by atoms with Gasteiger partial charge in [0.15, 0.2) is 0 Å². The normalized spacial score (nSPS) is 17.0. The summed E-state index contributed by atoms with van der Waals surface area (Å²) in [6.07, 6.45) is 0.405. The van der Waals surface area contributed by atoms with Crippen LogP contribution < -0.4 is 5.32 Å². The minimum absolute atomic E-state index is 0.0718. The number of carbonyl (C=O) groups excluding carboxylic acids is 2. The van der Waals surface area contributed by atoms with E-state index in [9.17, 15) is 9.59 Å². The molecule has 1 aliphatic heterocycles. The molecule has 2 amide bonds. The van der Waals surface area contributed by atoms with Gasteiger partial charge >= 0.3 is 6.09 Å². The smallest absolute Gasteiger partial charge is 0.408 e. The molecule has 0 bridgehead atoms. The molecule has 1 saturated heterocycles. The second-order valence-electron chi connectivity index (χ2n) is 7.56. The number of rotatable bonds is 5. The lowest BCUT2D eigenvalue weighted by molar-refractivity contribution is -0.134. The van der Waals surface area contributed by atoms with E-state index in [2.05, 4.69) is 27.5 Å². The Balaban J connectivity index is 1.77. The molecule has 146 valence electrons. The van der Waals surface area contributed by atoms with E-state index in [1.165, 1.54) is 0 Å². The van der Waals surface area contributed by atoms with Gasteiger partial charge in [-0.3, -0.25) is 9.69 Å². The highest BCUT2D eigenvalue weighted by Crippen LogP contribution is 2.14. The van der Waals surface area contributed by atoms with Gasteiger partial charge in [-0.15, -0.1) is 11.3 Å². The summed E-state index contributed by atoms with van der Waals surface area (Å²) in [4.78, 5) is 33.1. The van der Waals surface area contributed by atoms with E-state index < -0.39 is 17.7 Å². The van der Waals surface area contributed by atoms with Gasteiger partial charge in [-0.25, -0.2) is 9.78 Å². The van der Waals surface area contributed by atoms with Crippen molar-refractivity contribution < 1.29 is 14.3 Å². The third kappa shape index (κ3) is 6.25. The zero-order chi connectivity index (χ0) is 19.3. The van der Waals surface area contributed by atoms with Crippen LogP contribution in [0.1, 0.15) is 45.3 Å². The number of carbonyl (C=O) groups is 2. The number of amides is 2. The number of ether oxygens (including phenoxy) is 1. The molecule has 0 saturated carbocycles. The van der Waals surface area contributed by atoms with Gasteiger partial charge in [0.1, 0.15) is 11.6 Å². The highest BCUT2D eigenvalue weighted by Gasteiger charge is 2.27. The van der Waals surface area contributed by atoms with Crippen molar-refractivity contribution in [3.8, 4) is 0 Å². The Morgan fingerprint density at radius 3 is 2.50 bits per heavy atom. The van der Waals surface area contributed by atoms with Gasteiger partial charge in [-0.2, -0.15) is 0 Å². The molecule has 1 aromatic rings. The van der Waals surface area contributed by atoms with E-state index in [4.69, 9.17) is 4.74 Å². The first-order chi connectivity index (χ1) is 12.2. The zero-order valence-electron chi connectivity index (χ0n) is 16.4. The molecular weight excluding hydrogens is 352 g/mol. The van der Waals surface area contributed by atoms with Crippen LogP contribution in [0.5, 0.6) is 0 Å². The number of alkyl carbamates (subject to hydrolysis) is 1. The molecule has 0 spiro atoms. The van der Waals surface area contributed by atoms with Crippen LogP contribution in [0.3, 0.4) is 0 Å². The van der Waals surface area contributed by atoms with E-state index in [0.717, 1.165) is 36.8 Å². The Bertz CT molecular complexity index is 618. The van der Waals surface area contributed by atoms with E-state index in [1.807, 2.05) is 0 Å². The summed E-state index contributed by atoms with van der Waals surface area (Å²) in [5.41, 5.74) is 0.526. The molecule has 8 heteroatoms. The highest BCUT2D eigenvalue weighted by atomic mass is 32.1. The maximum Gasteiger partial charge on any atom is 0.408 e. The quantitative estimate of drug-likeness (QED) is 0.845. The van der Waals surface area contributed by atoms with Crippen LogP contribution >= 0.6 is 11.3 Å². The first-order valence-electron chi connectivity index (χ1n) is 9.12. The zero-order valence-corrected chi connectivity index (χ0v) is 17.2. The number of piperazine rings is 1. The van der Waals surface area contributed by atoms with Gasteiger partial charge in [-0.05, 0) is 34.1 Å². The van der Waals surface area contributed by atoms with E-state index >= 15 is 0 Å². The molecule has 26 heavy (non-hydrogen) atoms.